The third-order valence-corrected chi connectivity index (χ3v) is 12.1. The second-order valence-electron chi connectivity index (χ2n) is 16.6. The number of anilines is 4. The van der Waals surface area contributed by atoms with Crippen LogP contribution in [0.2, 0.25) is 0 Å². The molecule has 0 atom stereocenters. The minimum absolute atomic E-state index is 0.333. The molecular formula is C61H60N4. The van der Waals surface area contributed by atoms with Crippen LogP contribution in [0.1, 0.15) is 76.0 Å². The van der Waals surface area contributed by atoms with Crippen molar-refractivity contribution in [3.8, 4) is 22.5 Å². The summed E-state index contributed by atoms with van der Waals surface area (Å²) in [6, 6.07) is 37.4. The Morgan fingerprint density at radius 1 is 0.708 bits per heavy atom. The number of aromatic nitrogens is 2. The molecular weight excluding hydrogens is 789 g/mol. The van der Waals surface area contributed by atoms with Crippen molar-refractivity contribution in [1.82, 2.24) is 9.97 Å². The number of fused-ring (bicyclic) bond motifs is 2. The van der Waals surface area contributed by atoms with E-state index in [1.165, 1.54) is 16.3 Å². The van der Waals surface area contributed by atoms with Crippen molar-refractivity contribution in [3.63, 3.8) is 0 Å². The molecule has 4 nitrogen and oxygen atoms in total. The van der Waals surface area contributed by atoms with Crippen LogP contribution in [0.5, 0.6) is 0 Å². The van der Waals surface area contributed by atoms with Gasteiger partial charge in [0.15, 0.2) is 5.82 Å². The van der Waals surface area contributed by atoms with E-state index < -0.39 is 0 Å². The summed E-state index contributed by atoms with van der Waals surface area (Å²) in [5.41, 5.74) is 16.2. The summed E-state index contributed by atoms with van der Waals surface area (Å²) < 4.78 is 0. The van der Waals surface area contributed by atoms with Gasteiger partial charge >= 0.3 is 0 Å². The molecule has 324 valence electrons. The summed E-state index contributed by atoms with van der Waals surface area (Å²) in [4.78, 5) is 15.0. The van der Waals surface area contributed by atoms with Gasteiger partial charge in [-0.1, -0.05) is 150 Å². The number of allylic oxidation sites excluding steroid dienone is 12. The van der Waals surface area contributed by atoms with E-state index in [-0.39, 0.29) is 5.41 Å². The van der Waals surface area contributed by atoms with Gasteiger partial charge in [-0.25, -0.2) is 9.97 Å². The maximum absolute atomic E-state index is 5.26. The van der Waals surface area contributed by atoms with E-state index in [9.17, 15) is 0 Å². The molecule has 4 heteroatoms. The van der Waals surface area contributed by atoms with Crippen LogP contribution >= 0.6 is 0 Å². The Bertz CT molecular complexity index is 3020. The van der Waals surface area contributed by atoms with Crippen LogP contribution in [0.4, 0.5) is 22.7 Å². The molecule has 0 aliphatic carbocycles. The molecule has 0 amide bonds. The minimum atomic E-state index is -0.333. The fourth-order valence-electron chi connectivity index (χ4n) is 9.04. The van der Waals surface area contributed by atoms with Crippen molar-refractivity contribution < 1.29 is 0 Å². The van der Waals surface area contributed by atoms with Crippen LogP contribution in [0, 0.1) is 6.92 Å². The molecule has 0 saturated carbocycles. The van der Waals surface area contributed by atoms with E-state index in [0.717, 1.165) is 90.9 Å². The van der Waals surface area contributed by atoms with Crippen molar-refractivity contribution in [2.24, 2.45) is 0 Å². The first kappa shape index (κ1) is 45.5. The SMILES string of the molecule is C=C/C=C(\C=C/C)N1C(C=C)=C(C=C)C(C)(C)c2cc(-c3ccc(N(c4cccc(-c5nc(/C=C\C)c(C=C)c(C(/C=C\C)=C/CC)n5)c4)c4ccc5ccccc5c4)c(C)c3)ccc21. The lowest BCUT2D eigenvalue weighted by Gasteiger charge is -2.43. The first-order valence-electron chi connectivity index (χ1n) is 22.5. The zero-order valence-corrected chi connectivity index (χ0v) is 39.1. The molecule has 0 spiro atoms. The molecule has 1 aromatic heterocycles. The molecule has 0 radical (unpaired) electrons. The standard InChI is InChI=1S/C61H60N4/c1-12-23-44(24-13-2)59-52(17-6)55(27-16-5)62-60(63-59)48-30-22-31-50(40-48)64(51-35-32-43-28-20-21-29-45(43)39-51)57-36-33-46(38-42(57)9)47-34-37-58-54(41-47)61(10,11)53(18-7)56(19-8)65(58)49(25-14-3)26-15-4/h12,14-41H,3,6-8,13H2,1-2,4-5,9-11H3/b23-12-,26-15-,27-16-,44-24+,49-25+. The van der Waals surface area contributed by atoms with Gasteiger partial charge in [0.1, 0.15) is 0 Å². The van der Waals surface area contributed by atoms with E-state index in [0.29, 0.717) is 5.82 Å². The molecule has 0 saturated heterocycles. The lowest BCUT2D eigenvalue weighted by Crippen LogP contribution is -2.35. The molecule has 1 aliphatic rings. The topological polar surface area (TPSA) is 32.3 Å². The van der Waals surface area contributed by atoms with Crippen molar-refractivity contribution in [1.29, 1.82) is 0 Å². The van der Waals surface area contributed by atoms with E-state index in [1.54, 1.807) is 0 Å². The van der Waals surface area contributed by atoms with Gasteiger partial charge in [-0.05, 0) is 151 Å². The average Bonchev–Trinajstić information content (AvgIpc) is 3.31. The van der Waals surface area contributed by atoms with Gasteiger partial charge in [-0.15, -0.1) is 0 Å². The number of aryl methyl sites for hydroxylation is 1. The molecule has 0 bridgehead atoms. The Kier molecular flexibility index (Phi) is 13.9. The number of rotatable bonds is 15. The summed E-state index contributed by atoms with van der Waals surface area (Å²) in [7, 11) is 0. The van der Waals surface area contributed by atoms with E-state index in [1.807, 2.05) is 63.3 Å². The molecule has 65 heavy (non-hydrogen) atoms. The first-order valence-corrected chi connectivity index (χ1v) is 22.5. The second-order valence-corrected chi connectivity index (χ2v) is 16.6. The van der Waals surface area contributed by atoms with Crippen LogP contribution in [0.15, 0.2) is 207 Å². The van der Waals surface area contributed by atoms with Gasteiger partial charge in [0, 0.05) is 45.0 Å². The van der Waals surface area contributed by atoms with Gasteiger partial charge in [0.25, 0.3) is 0 Å². The summed E-state index contributed by atoms with van der Waals surface area (Å²) in [6.45, 7) is 31.7. The van der Waals surface area contributed by atoms with Gasteiger partial charge in [0.2, 0.25) is 0 Å². The van der Waals surface area contributed by atoms with Crippen molar-refractivity contribution in [2.75, 3.05) is 9.80 Å². The quantitative estimate of drug-likeness (QED) is 0.0964. The monoisotopic (exact) mass is 848 g/mol. The molecule has 2 heterocycles. The highest BCUT2D eigenvalue weighted by molar-refractivity contribution is 5.91. The Labute approximate surface area is 387 Å². The molecule has 1 aliphatic heterocycles. The third-order valence-electron chi connectivity index (χ3n) is 12.1. The molecule has 0 N–H and O–H groups in total. The Balaban J connectivity index is 1.39. The fraction of sp³-hybridized carbons (Fsp3) is 0.148. The Hall–Kier alpha value is -7.56. The summed E-state index contributed by atoms with van der Waals surface area (Å²) in [5.74, 6) is 0.652. The van der Waals surface area contributed by atoms with Crippen LogP contribution in [-0.4, -0.2) is 9.97 Å². The molecule has 5 aromatic carbocycles. The average molecular weight is 849 g/mol. The normalized spacial score (nSPS) is 14.1. The fourth-order valence-corrected chi connectivity index (χ4v) is 9.04. The summed E-state index contributed by atoms with van der Waals surface area (Å²) in [5, 5.41) is 2.36. The van der Waals surface area contributed by atoms with Gasteiger partial charge in [0.05, 0.1) is 17.1 Å². The first-order chi connectivity index (χ1) is 31.6. The van der Waals surface area contributed by atoms with Crippen molar-refractivity contribution in [3.05, 3.63) is 235 Å². The zero-order valence-electron chi connectivity index (χ0n) is 39.1. The molecule has 0 unspecified atom stereocenters. The van der Waals surface area contributed by atoms with Gasteiger partial charge < -0.3 is 9.80 Å². The van der Waals surface area contributed by atoms with Crippen LogP contribution in [0.25, 0.3) is 51.0 Å². The van der Waals surface area contributed by atoms with Crippen molar-refractivity contribution in [2.45, 2.75) is 60.3 Å². The van der Waals surface area contributed by atoms with Gasteiger partial charge in [-0.3, -0.25) is 0 Å². The third kappa shape index (κ3) is 8.86. The zero-order chi connectivity index (χ0) is 46.3. The summed E-state index contributed by atoms with van der Waals surface area (Å²) >= 11 is 0. The minimum Gasteiger partial charge on any atom is -0.310 e. The Morgan fingerprint density at radius 3 is 2.12 bits per heavy atom. The predicted molar refractivity (Wildman–Crippen MR) is 284 cm³/mol. The molecule has 0 fully saturated rings. The highest BCUT2D eigenvalue weighted by atomic mass is 15.2. The highest BCUT2D eigenvalue weighted by Crippen LogP contribution is 2.49. The van der Waals surface area contributed by atoms with Crippen molar-refractivity contribution >= 4 is 51.2 Å². The smallest absolute Gasteiger partial charge is 0.160 e. The maximum atomic E-state index is 5.26. The molecule has 7 rings (SSSR count). The largest absolute Gasteiger partial charge is 0.310 e. The van der Waals surface area contributed by atoms with Crippen LogP contribution in [-0.2, 0) is 5.41 Å². The number of hydrogen-bond donors (Lipinski definition) is 0. The van der Waals surface area contributed by atoms with E-state index >= 15 is 0 Å². The number of nitrogens with zero attached hydrogens (tertiary/aromatic N) is 4. The van der Waals surface area contributed by atoms with E-state index in [4.69, 9.17) is 9.97 Å². The molecule has 6 aromatic rings. The van der Waals surface area contributed by atoms with E-state index in [2.05, 4.69) is 197 Å². The van der Waals surface area contributed by atoms with Gasteiger partial charge in [-0.2, -0.15) is 0 Å². The van der Waals surface area contributed by atoms with Crippen LogP contribution in [0.3, 0.4) is 0 Å². The van der Waals surface area contributed by atoms with Crippen LogP contribution < -0.4 is 9.80 Å². The number of hydrogen-bond acceptors (Lipinski definition) is 4. The maximum Gasteiger partial charge on any atom is 0.160 e. The highest BCUT2D eigenvalue weighted by Gasteiger charge is 2.37. The summed E-state index contributed by atoms with van der Waals surface area (Å²) in [6.07, 6.45) is 25.1. The lowest BCUT2D eigenvalue weighted by atomic mass is 9.72. The number of benzene rings is 5. The lowest BCUT2D eigenvalue weighted by molar-refractivity contribution is 0.620. The predicted octanol–water partition coefficient (Wildman–Crippen LogP) is 17.2. The Morgan fingerprint density at radius 2 is 1.45 bits per heavy atom. The second kappa shape index (κ2) is 19.9.